The zero-order valence-electron chi connectivity index (χ0n) is 18.3. The number of halogens is 1. The highest BCUT2D eigenvalue weighted by Crippen LogP contribution is 2.52. The van der Waals surface area contributed by atoms with E-state index in [2.05, 4.69) is 21.5 Å². The van der Waals surface area contributed by atoms with Crippen LogP contribution in [0.4, 0.5) is 15.5 Å². The normalized spacial score (nSPS) is 14.7. The predicted octanol–water partition coefficient (Wildman–Crippen LogP) is 6.48. The largest absolute Gasteiger partial charge is 0.481 e. The van der Waals surface area contributed by atoms with Crippen LogP contribution in [0.15, 0.2) is 36.4 Å². The molecular formula is C24H18ClN3O4S3. The van der Waals surface area contributed by atoms with Crippen LogP contribution in [-0.2, 0) is 14.9 Å². The molecule has 1 fully saturated rings. The number of hydrogen-bond acceptors (Lipinski definition) is 8. The lowest BCUT2D eigenvalue weighted by atomic mass is 10.1. The highest BCUT2D eigenvalue weighted by atomic mass is 35.5. The van der Waals surface area contributed by atoms with Crippen molar-refractivity contribution in [1.29, 1.82) is 0 Å². The lowest BCUT2D eigenvalue weighted by Gasteiger charge is -2.15. The highest BCUT2D eigenvalue weighted by molar-refractivity contribution is 7.28. The number of thiophene rings is 2. The molecule has 7 nitrogen and oxygen atoms in total. The van der Waals surface area contributed by atoms with Crippen molar-refractivity contribution < 1.29 is 19.4 Å². The number of carbonyl (C=O) groups excluding carboxylic acids is 1. The molecule has 11 heteroatoms. The van der Waals surface area contributed by atoms with Crippen LogP contribution >= 0.6 is 45.8 Å². The van der Waals surface area contributed by atoms with E-state index >= 15 is 0 Å². The number of fused-ring (bicyclic) bond motifs is 1. The minimum atomic E-state index is -0.757. The van der Waals surface area contributed by atoms with Crippen molar-refractivity contribution in [3.63, 3.8) is 0 Å². The maximum Gasteiger partial charge on any atom is 0.412 e. The van der Waals surface area contributed by atoms with E-state index in [-0.39, 0.29) is 0 Å². The molecule has 178 valence electrons. The minimum absolute atomic E-state index is 0.302. The summed E-state index contributed by atoms with van der Waals surface area (Å²) in [6.07, 6.45) is 0.113. The van der Waals surface area contributed by atoms with Gasteiger partial charge in [-0.1, -0.05) is 29.8 Å². The SMILES string of the molecule is CC(OC(=O)Nc1c(C#Cc2cc3sc(C4(C(=O)O)CC4)cc3s2)nsc1N)c1ccccc1Cl. The fourth-order valence-corrected chi connectivity index (χ4v) is 6.96. The van der Waals surface area contributed by atoms with Crippen LogP contribution in [0.1, 0.15) is 46.9 Å². The first-order chi connectivity index (χ1) is 16.8. The third-order valence-electron chi connectivity index (χ3n) is 5.71. The Morgan fingerprint density at radius 3 is 2.66 bits per heavy atom. The van der Waals surface area contributed by atoms with Gasteiger partial charge < -0.3 is 15.6 Å². The quantitative estimate of drug-likeness (QED) is 0.248. The van der Waals surface area contributed by atoms with E-state index in [0.717, 1.165) is 30.7 Å². The van der Waals surface area contributed by atoms with Gasteiger partial charge in [0.15, 0.2) is 5.69 Å². The number of hydrogen-bond donors (Lipinski definition) is 3. The second kappa shape index (κ2) is 9.17. The van der Waals surface area contributed by atoms with Crippen LogP contribution in [-0.4, -0.2) is 21.5 Å². The Balaban J connectivity index is 1.30. The van der Waals surface area contributed by atoms with Crippen molar-refractivity contribution in [3.05, 3.63) is 62.4 Å². The number of nitrogen functional groups attached to an aromatic ring is 1. The fraction of sp³-hybridized carbons (Fsp3) is 0.208. The number of benzene rings is 1. The maximum atomic E-state index is 12.5. The van der Waals surface area contributed by atoms with Gasteiger partial charge >= 0.3 is 12.1 Å². The van der Waals surface area contributed by atoms with Gasteiger partial charge in [-0.15, -0.1) is 22.7 Å². The molecular weight excluding hydrogens is 526 g/mol. The molecule has 0 saturated heterocycles. The van der Waals surface area contributed by atoms with Crippen molar-refractivity contribution in [1.82, 2.24) is 4.37 Å². The average Bonchev–Trinajstić information content (AvgIpc) is 3.25. The van der Waals surface area contributed by atoms with Crippen LogP contribution in [0.5, 0.6) is 0 Å². The van der Waals surface area contributed by atoms with Crippen molar-refractivity contribution in [2.24, 2.45) is 0 Å². The van der Waals surface area contributed by atoms with Crippen LogP contribution < -0.4 is 11.1 Å². The molecule has 0 bridgehead atoms. The number of rotatable bonds is 5. The fourth-order valence-electron chi connectivity index (χ4n) is 3.61. The Morgan fingerprint density at radius 1 is 1.23 bits per heavy atom. The number of nitrogens with one attached hydrogen (secondary N) is 1. The second-order valence-corrected chi connectivity index (χ2v) is 11.4. The van der Waals surface area contributed by atoms with Gasteiger partial charge in [-0.05, 0) is 61.3 Å². The van der Waals surface area contributed by atoms with E-state index in [1.54, 1.807) is 25.1 Å². The summed E-state index contributed by atoms with van der Waals surface area (Å²) in [7, 11) is 0. The van der Waals surface area contributed by atoms with Gasteiger partial charge in [0.25, 0.3) is 0 Å². The first-order valence-electron chi connectivity index (χ1n) is 10.5. The van der Waals surface area contributed by atoms with Gasteiger partial charge in [-0.3, -0.25) is 10.1 Å². The zero-order chi connectivity index (χ0) is 24.7. The Labute approximate surface area is 217 Å². The molecule has 0 aliphatic heterocycles. The first-order valence-corrected chi connectivity index (χ1v) is 13.3. The summed E-state index contributed by atoms with van der Waals surface area (Å²) in [5, 5.41) is 13.0. The Hall–Kier alpha value is -3.10. The van der Waals surface area contributed by atoms with Crippen molar-refractivity contribution in [2.45, 2.75) is 31.3 Å². The molecule has 1 aromatic carbocycles. The predicted molar refractivity (Wildman–Crippen MR) is 141 cm³/mol. The summed E-state index contributed by atoms with van der Waals surface area (Å²) in [5.74, 6) is 5.29. The Kier molecular flexibility index (Phi) is 6.19. The molecule has 35 heavy (non-hydrogen) atoms. The summed E-state index contributed by atoms with van der Waals surface area (Å²) in [5.41, 5.74) is 6.65. The van der Waals surface area contributed by atoms with E-state index in [0.29, 0.717) is 39.8 Å². The molecule has 1 aliphatic carbocycles. The van der Waals surface area contributed by atoms with Crippen molar-refractivity contribution in [3.8, 4) is 11.8 Å². The molecule has 1 amide bonds. The molecule has 5 rings (SSSR count). The van der Waals surface area contributed by atoms with Crippen LogP contribution in [0.3, 0.4) is 0 Å². The number of nitrogens with two attached hydrogens (primary N) is 1. The van der Waals surface area contributed by atoms with Gasteiger partial charge in [0.05, 0.1) is 4.88 Å². The third kappa shape index (κ3) is 4.60. The van der Waals surface area contributed by atoms with E-state index in [1.807, 2.05) is 18.2 Å². The first kappa shape index (κ1) is 23.6. The van der Waals surface area contributed by atoms with E-state index in [1.165, 1.54) is 22.7 Å². The number of aromatic nitrogens is 1. The Bertz CT molecular complexity index is 1490. The van der Waals surface area contributed by atoms with Gasteiger partial charge in [0, 0.05) is 24.9 Å². The molecule has 4 aromatic rings. The summed E-state index contributed by atoms with van der Waals surface area (Å²) < 4.78 is 11.7. The second-order valence-electron chi connectivity index (χ2n) is 8.05. The smallest absolute Gasteiger partial charge is 0.412 e. The number of amides is 1. The maximum absolute atomic E-state index is 12.5. The van der Waals surface area contributed by atoms with Gasteiger partial charge in [-0.2, -0.15) is 4.37 Å². The number of carboxylic acids is 1. The summed E-state index contributed by atoms with van der Waals surface area (Å²) in [4.78, 5) is 25.8. The van der Waals surface area contributed by atoms with Crippen molar-refractivity contribution in [2.75, 3.05) is 11.1 Å². The van der Waals surface area contributed by atoms with E-state index in [9.17, 15) is 14.7 Å². The highest BCUT2D eigenvalue weighted by Gasteiger charge is 2.53. The van der Waals surface area contributed by atoms with Crippen LogP contribution in [0, 0.1) is 11.8 Å². The molecule has 1 atom stereocenters. The lowest BCUT2D eigenvalue weighted by molar-refractivity contribution is -0.139. The number of carboxylic acid groups (broad SMARTS) is 1. The van der Waals surface area contributed by atoms with Crippen LogP contribution in [0.2, 0.25) is 5.02 Å². The topological polar surface area (TPSA) is 115 Å². The number of carbonyl (C=O) groups is 2. The third-order valence-corrected chi connectivity index (χ3v) is 9.15. The van der Waals surface area contributed by atoms with E-state index in [4.69, 9.17) is 22.1 Å². The molecule has 1 unspecified atom stereocenters. The minimum Gasteiger partial charge on any atom is -0.481 e. The molecule has 3 aromatic heterocycles. The van der Waals surface area contributed by atoms with Crippen LogP contribution in [0.25, 0.3) is 9.40 Å². The van der Waals surface area contributed by atoms with Crippen molar-refractivity contribution >= 4 is 78.0 Å². The van der Waals surface area contributed by atoms with Gasteiger partial charge in [0.2, 0.25) is 0 Å². The summed E-state index contributed by atoms with van der Waals surface area (Å²) >= 11 is 10.2. The molecule has 0 spiro atoms. The number of ether oxygens (including phenoxy) is 1. The molecule has 3 heterocycles. The standard InChI is InChI=1S/C24H18ClN3O4S3/c1-12(14-4-2-3-5-15(14)25)32-23(31)27-20-16(28-35-21(20)26)7-6-13-10-17-18(33-13)11-19(34-17)24(8-9-24)22(29)30/h2-5,10-12H,8-9,26H2,1H3,(H,27,31)(H,29,30). The van der Waals surface area contributed by atoms with Gasteiger partial charge in [-0.25, -0.2) is 4.79 Å². The monoisotopic (exact) mass is 543 g/mol. The number of anilines is 2. The average molecular weight is 544 g/mol. The zero-order valence-corrected chi connectivity index (χ0v) is 21.5. The van der Waals surface area contributed by atoms with E-state index < -0.39 is 23.6 Å². The Morgan fingerprint density at radius 2 is 1.97 bits per heavy atom. The summed E-state index contributed by atoms with van der Waals surface area (Å²) in [6.45, 7) is 1.73. The molecule has 1 saturated carbocycles. The lowest BCUT2D eigenvalue weighted by Crippen LogP contribution is -2.17. The summed E-state index contributed by atoms with van der Waals surface area (Å²) in [6, 6.07) is 11.0. The number of nitrogens with zero attached hydrogens (tertiary/aromatic N) is 1. The molecule has 1 aliphatic rings. The molecule has 0 radical (unpaired) electrons. The van der Waals surface area contributed by atoms with Gasteiger partial charge in [0.1, 0.15) is 22.2 Å². The molecule has 4 N–H and O–H groups in total. The number of aliphatic carboxylic acids is 1.